The van der Waals surface area contributed by atoms with Gasteiger partial charge in [0.15, 0.2) is 9.84 Å². The highest BCUT2D eigenvalue weighted by Gasteiger charge is 2.15. The number of carbonyl (C=O) groups excluding carboxylic acids is 1. The van der Waals surface area contributed by atoms with Crippen LogP contribution in [0.4, 0.5) is 5.69 Å². The summed E-state index contributed by atoms with van der Waals surface area (Å²) in [6, 6.07) is 16.4. The van der Waals surface area contributed by atoms with E-state index in [2.05, 4.69) is 5.32 Å². The normalized spacial score (nSPS) is 11.2. The number of para-hydroxylation sites is 1. The van der Waals surface area contributed by atoms with Gasteiger partial charge < -0.3 is 5.32 Å². The number of nitrogens with one attached hydrogen (secondary N) is 1. The Bertz CT molecular complexity index is 758. The lowest BCUT2D eigenvalue weighted by atomic mass is 10.2. The molecule has 0 radical (unpaired) electrons. The van der Waals surface area contributed by atoms with E-state index >= 15 is 0 Å². The zero-order valence-corrected chi connectivity index (χ0v) is 14.5. The minimum atomic E-state index is -3.30. The SMILES string of the molecule is CSc1ccccc1NC(=O)CCS(=O)(=O)Cc1ccccc1. The quantitative estimate of drug-likeness (QED) is 0.779. The summed E-state index contributed by atoms with van der Waals surface area (Å²) < 4.78 is 24.2. The molecular formula is C17H19NO3S2. The summed E-state index contributed by atoms with van der Waals surface area (Å²) >= 11 is 1.53. The van der Waals surface area contributed by atoms with Crippen LogP contribution in [-0.4, -0.2) is 26.3 Å². The summed E-state index contributed by atoms with van der Waals surface area (Å²) in [7, 11) is -3.30. The summed E-state index contributed by atoms with van der Waals surface area (Å²) in [5.41, 5.74) is 1.45. The van der Waals surface area contributed by atoms with Crippen LogP contribution in [0, 0.1) is 0 Å². The number of thioether (sulfide) groups is 1. The summed E-state index contributed by atoms with van der Waals surface area (Å²) in [5.74, 6) is -0.486. The number of hydrogen-bond acceptors (Lipinski definition) is 4. The maximum Gasteiger partial charge on any atom is 0.225 e. The van der Waals surface area contributed by atoms with Crippen molar-refractivity contribution in [1.29, 1.82) is 0 Å². The van der Waals surface area contributed by atoms with Gasteiger partial charge in [0.1, 0.15) is 0 Å². The van der Waals surface area contributed by atoms with Crippen LogP contribution in [-0.2, 0) is 20.4 Å². The highest BCUT2D eigenvalue weighted by atomic mass is 32.2. The van der Waals surface area contributed by atoms with Gasteiger partial charge in [0, 0.05) is 11.3 Å². The van der Waals surface area contributed by atoms with E-state index in [1.165, 1.54) is 11.8 Å². The van der Waals surface area contributed by atoms with Crippen molar-refractivity contribution in [3.05, 3.63) is 60.2 Å². The van der Waals surface area contributed by atoms with Gasteiger partial charge in [-0.2, -0.15) is 0 Å². The Morgan fingerprint density at radius 2 is 1.70 bits per heavy atom. The fourth-order valence-corrected chi connectivity index (χ4v) is 4.00. The lowest BCUT2D eigenvalue weighted by Gasteiger charge is -2.09. The van der Waals surface area contributed by atoms with E-state index in [1.807, 2.05) is 36.6 Å². The van der Waals surface area contributed by atoms with Gasteiger partial charge in [-0.1, -0.05) is 42.5 Å². The summed E-state index contributed by atoms with van der Waals surface area (Å²) in [5, 5.41) is 2.77. The molecule has 2 aromatic rings. The van der Waals surface area contributed by atoms with E-state index in [9.17, 15) is 13.2 Å². The Balaban J connectivity index is 1.91. The molecule has 0 fully saturated rings. The molecule has 0 aliphatic heterocycles. The molecule has 1 amide bonds. The van der Waals surface area contributed by atoms with Crippen molar-refractivity contribution in [3.63, 3.8) is 0 Å². The molecule has 0 spiro atoms. The van der Waals surface area contributed by atoms with Gasteiger partial charge in [-0.3, -0.25) is 4.79 Å². The van der Waals surface area contributed by atoms with Gasteiger partial charge >= 0.3 is 0 Å². The van der Waals surface area contributed by atoms with Crippen molar-refractivity contribution in [1.82, 2.24) is 0 Å². The van der Waals surface area contributed by atoms with Gasteiger partial charge in [-0.15, -0.1) is 11.8 Å². The van der Waals surface area contributed by atoms with Gasteiger partial charge in [0.05, 0.1) is 17.2 Å². The summed E-state index contributed by atoms with van der Waals surface area (Å²) in [6.07, 6.45) is 1.88. The standard InChI is InChI=1S/C17H19NO3S2/c1-22-16-10-6-5-9-15(16)18-17(19)11-12-23(20,21)13-14-7-3-2-4-8-14/h2-10H,11-13H2,1H3,(H,18,19). The van der Waals surface area contributed by atoms with Crippen molar-refractivity contribution < 1.29 is 13.2 Å². The minimum absolute atomic E-state index is 0.0392. The summed E-state index contributed by atoms with van der Waals surface area (Å²) in [6.45, 7) is 0. The molecule has 0 saturated heterocycles. The number of anilines is 1. The molecule has 0 heterocycles. The lowest BCUT2D eigenvalue weighted by molar-refractivity contribution is -0.115. The fraction of sp³-hybridized carbons (Fsp3) is 0.235. The van der Waals surface area contributed by atoms with Crippen molar-refractivity contribution >= 4 is 33.2 Å². The molecule has 0 atom stereocenters. The van der Waals surface area contributed by atoms with Crippen LogP contribution in [0.5, 0.6) is 0 Å². The molecule has 23 heavy (non-hydrogen) atoms. The average Bonchev–Trinajstić information content (AvgIpc) is 2.54. The Morgan fingerprint density at radius 1 is 1.04 bits per heavy atom. The Morgan fingerprint density at radius 3 is 2.39 bits per heavy atom. The Kier molecular flexibility index (Phi) is 6.24. The van der Waals surface area contributed by atoms with E-state index in [4.69, 9.17) is 0 Å². The largest absolute Gasteiger partial charge is 0.325 e. The van der Waals surface area contributed by atoms with Crippen molar-refractivity contribution in [2.75, 3.05) is 17.3 Å². The van der Waals surface area contributed by atoms with Crippen LogP contribution >= 0.6 is 11.8 Å². The zero-order valence-electron chi connectivity index (χ0n) is 12.9. The van der Waals surface area contributed by atoms with E-state index in [-0.39, 0.29) is 23.8 Å². The maximum atomic E-state index is 12.1. The first-order valence-corrected chi connectivity index (χ1v) is 10.2. The van der Waals surface area contributed by atoms with Crippen LogP contribution in [0.1, 0.15) is 12.0 Å². The van der Waals surface area contributed by atoms with E-state index in [0.29, 0.717) is 5.69 Å². The smallest absolute Gasteiger partial charge is 0.225 e. The van der Waals surface area contributed by atoms with Gasteiger partial charge in [-0.05, 0) is 24.0 Å². The first-order valence-electron chi connectivity index (χ1n) is 7.17. The Hall–Kier alpha value is -1.79. The van der Waals surface area contributed by atoms with Crippen LogP contribution in [0.2, 0.25) is 0 Å². The molecule has 1 N–H and O–H groups in total. The Labute approximate surface area is 141 Å². The van der Waals surface area contributed by atoms with Crippen molar-refractivity contribution in [2.45, 2.75) is 17.1 Å². The number of rotatable bonds is 7. The second kappa shape index (κ2) is 8.17. The summed E-state index contributed by atoms with van der Waals surface area (Å²) in [4.78, 5) is 12.9. The maximum absolute atomic E-state index is 12.1. The zero-order chi connectivity index (χ0) is 16.7. The van der Waals surface area contributed by atoms with Crippen LogP contribution < -0.4 is 5.32 Å². The molecule has 4 nitrogen and oxygen atoms in total. The van der Waals surface area contributed by atoms with Crippen molar-refractivity contribution in [3.8, 4) is 0 Å². The number of benzene rings is 2. The predicted molar refractivity (Wildman–Crippen MR) is 95.4 cm³/mol. The van der Waals surface area contributed by atoms with Crippen LogP contribution in [0.3, 0.4) is 0 Å². The second-order valence-electron chi connectivity index (χ2n) is 5.08. The molecule has 2 aromatic carbocycles. The number of carbonyl (C=O) groups is 1. The van der Waals surface area contributed by atoms with Gasteiger partial charge in [0.2, 0.25) is 5.91 Å². The molecule has 0 aromatic heterocycles. The molecule has 0 aliphatic carbocycles. The third kappa shape index (κ3) is 5.73. The van der Waals surface area contributed by atoms with Crippen LogP contribution in [0.25, 0.3) is 0 Å². The van der Waals surface area contributed by atoms with E-state index in [1.54, 1.807) is 24.3 Å². The number of hydrogen-bond donors (Lipinski definition) is 1. The lowest BCUT2D eigenvalue weighted by Crippen LogP contribution is -2.18. The number of sulfone groups is 1. The molecule has 122 valence electrons. The molecular weight excluding hydrogens is 330 g/mol. The first kappa shape index (κ1) is 17.6. The molecule has 0 aliphatic rings. The predicted octanol–water partition coefficient (Wildman–Crippen LogP) is 3.35. The van der Waals surface area contributed by atoms with Crippen molar-refractivity contribution in [2.24, 2.45) is 0 Å². The average molecular weight is 349 g/mol. The topological polar surface area (TPSA) is 63.2 Å². The van der Waals surface area contributed by atoms with E-state index in [0.717, 1.165) is 10.5 Å². The minimum Gasteiger partial charge on any atom is -0.325 e. The van der Waals surface area contributed by atoms with Crippen LogP contribution in [0.15, 0.2) is 59.5 Å². The third-order valence-corrected chi connectivity index (χ3v) is 5.65. The monoisotopic (exact) mass is 349 g/mol. The molecule has 6 heteroatoms. The van der Waals surface area contributed by atoms with Gasteiger partial charge in [0.25, 0.3) is 0 Å². The molecule has 0 bridgehead atoms. The highest BCUT2D eigenvalue weighted by molar-refractivity contribution is 7.98. The number of amides is 1. The molecule has 0 saturated carbocycles. The third-order valence-electron chi connectivity index (χ3n) is 3.25. The first-order chi connectivity index (χ1) is 11.0. The second-order valence-corrected chi connectivity index (χ2v) is 8.11. The molecule has 0 unspecified atom stereocenters. The van der Waals surface area contributed by atoms with Gasteiger partial charge in [-0.25, -0.2) is 8.42 Å². The molecule has 2 rings (SSSR count). The van der Waals surface area contributed by atoms with E-state index < -0.39 is 9.84 Å². The fourth-order valence-electron chi connectivity index (χ4n) is 2.11. The highest BCUT2D eigenvalue weighted by Crippen LogP contribution is 2.24.